The molecular weight excluding hydrogens is 262 g/mol. The van der Waals surface area contributed by atoms with E-state index in [1.165, 1.54) is 0 Å². The molecule has 0 bridgehead atoms. The molecule has 0 aromatic heterocycles. The van der Waals surface area contributed by atoms with E-state index in [2.05, 4.69) is 14.5 Å². The Morgan fingerprint density at radius 3 is 2.17 bits per heavy atom. The molecular formula is C5H7N3O10. The Bertz CT molecular complexity index is 346. The summed E-state index contributed by atoms with van der Waals surface area (Å²) >= 11 is 0. The molecule has 0 unspecified atom stereocenters. The number of ether oxygens (including phenoxy) is 1. The third-order valence-corrected chi connectivity index (χ3v) is 1.98. The minimum atomic E-state index is -1.48. The Kier molecular flexibility index (Phi) is 4.36. The summed E-state index contributed by atoms with van der Waals surface area (Å²) in [6.07, 6.45) is -4.05. The molecule has 0 spiro atoms. The van der Waals surface area contributed by atoms with Gasteiger partial charge in [-0.3, -0.25) is 0 Å². The van der Waals surface area contributed by atoms with Gasteiger partial charge in [0, 0.05) is 0 Å². The van der Waals surface area contributed by atoms with Gasteiger partial charge in [0.05, 0.1) is 6.61 Å². The van der Waals surface area contributed by atoms with E-state index in [0.29, 0.717) is 0 Å². The van der Waals surface area contributed by atoms with Crippen molar-refractivity contribution in [3.8, 4) is 0 Å². The van der Waals surface area contributed by atoms with E-state index in [-0.39, 0.29) is 6.61 Å². The zero-order chi connectivity index (χ0) is 13.7. The van der Waals surface area contributed by atoms with E-state index >= 15 is 0 Å². The lowest BCUT2D eigenvalue weighted by atomic mass is 10.1. The van der Waals surface area contributed by atoms with Crippen LogP contribution < -0.4 is 0 Å². The van der Waals surface area contributed by atoms with Crippen molar-refractivity contribution in [1.82, 2.24) is 0 Å². The van der Waals surface area contributed by atoms with Crippen molar-refractivity contribution >= 4 is 0 Å². The van der Waals surface area contributed by atoms with E-state index in [0.717, 1.165) is 0 Å². The summed E-state index contributed by atoms with van der Waals surface area (Å²) in [4.78, 5) is 42.5. The molecule has 1 rings (SSSR count). The molecule has 1 aliphatic heterocycles. The Morgan fingerprint density at radius 1 is 1.06 bits per heavy atom. The van der Waals surface area contributed by atoms with Crippen molar-refractivity contribution in [2.24, 2.45) is 0 Å². The van der Waals surface area contributed by atoms with Gasteiger partial charge in [-0.1, -0.05) is 0 Å². The lowest BCUT2D eigenvalue weighted by Crippen LogP contribution is -2.40. The summed E-state index contributed by atoms with van der Waals surface area (Å²) in [7, 11) is 0. The van der Waals surface area contributed by atoms with Gasteiger partial charge in [0.15, 0.2) is 12.2 Å². The highest BCUT2D eigenvalue weighted by Crippen LogP contribution is 2.21. The maximum atomic E-state index is 10.2. The molecule has 13 heteroatoms. The molecule has 1 heterocycles. The van der Waals surface area contributed by atoms with Crippen molar-refractivity contribution in [2.75, 3.05) is 13.2 Å². The van der Waals surface area contributed by atoms with Crippen molar-refractivity contribution in [3.63, 3.8) is 0 Å². The largest absolute Gasteiger partial charge is 0.371 e. The SMILES string of the molecule is O=[N+]([O-])OC[C@H]1OC[C@H](O[N+](=O)[O-])[C@H]1O[N+](=O)[O-]. The van der Waals surface area contributed by atoms with E-state index in [1.54, 1.807) is 0 Å². The highest BCUT2D eigenvalue weighted by Gasteiger charge is 2.43. The Labute approximate surface area is 97.5 Å². The van der Waals surface area contributed by atoms with E-state index in [1.807, 2.05) is 0 Å². The molecule has 0 amide bonds. The fraction of sp³-hybridized carbons (Fsp3) is 1.00. The molecule has 0 radical (unpaired) electrons. The third-order valence-electron chi connectivity index (χ3n) is 1.98. The van der Waals surface area contributed by atoms with Crippen LogP contribution >= 0.6 is 0 Å². The van der Waals surface area contributed by atoms with Crippen LogP contribution in [0.5, 0.6) is 0 Å². The normalized spacial score (nSPS) is 26.3. The van der Waals surface area contributed by atoms with Crippen LogP contribution in [0.25, 0.3) is 0 Å². The molecule has 3 atom stereocenters. The topological polar surface area (TPSA) is 166 Å². The second-order valence-electron chi connectivity index (χ2n) is 3.05. The summed E-state index contributed by atoms with van der Waals surface area (Å²) in [5, 5.41) is 26.8. The molecule has 18 heavy (non-hydrogen) atoms. The first-order valence-electron chi connectivity index (χ1n) is 4.41. The predicted molar refractivity (Wildman–Crippen MR) is 46.4 cm³/mol. The minimum absolute atomic E-state index is 0.384. The van der Waals surface area contributed by atoms with Crippen molar-refractivity contribution < 1.29 is 34.5 Å². The molecule has 0 aromatic carbocycles. The van der Waals surface area contributed by atoms with Crippen LogP contribution in [0.15, 0.2) is 0 Å². The van der Waals surface area contributed by atoms with Crippen LogP contribution in [0.1, 0.15) is 0 Å². The zero-order valence-electron chi connectivity index (χ0n) is 8.57. The fourth-order valence-electron chi connectivity index (χ4n) is 1.36. The van der Waals surface area contributed by atoms with Crippen LogP contribution in [0.4, 0.5) is 0 Å². The zero-order valence-corrected chi connectivity index (χ0v) is 8.57. The minimum Gasteiger partial charge on any atom is -0.371 e. The lowest BCUT2D eigenvalue weighted by Gasteiger charge is -2.18. The van der Waals surface area contributed by atoms with Crippen LogP contribution in [-0.2, 0) is 19.2 Å². The number of hydrogen-bond acceptors (Lipinski definition) is 10. The maximum absolute atomic E-state index is 10.2. The third kappa shape index (κ3) is 3.85. The molecule has 0 aromatic rings. The first kappa shape index (κ1) is 13.6. The van der Waals surface area contributed by atoms with Gasteiger partial charge in [-0.15, -0.1) is 30.3 Å². The molecule has 1 fully saturated rings. The Balaban J connectivity index is 2.63. The van der Waals surface area contributed by atoms with Gasteiger partial charge < -0.3 is 19.2 Å². The lowest BCUT2D eigenvalue weighted by molar-refractivity contribution is -0.798. The maximum Gasteiger partial charge on any atom is 0.294 e. The number of hydrogen-bond donors (Lipinski definition) is 0. The van der Waals surface area contributed by atoms with Crippen LogP contribution in [0, 0.1) is 30.3 Å². The van der Waals surface area contributed by atoms with Crippen LogP contribution in [0.3, 0.4) is 0 Å². The van der Waals surface area contributed by atoms with Crippen molar-refractivity contribution in [1.29, 1.82) is 0 Å². The smallest absolute Gasteiger partial charge is 0.294 e. The predicted octanol–water partition coefficient (Wildman–Crippen LogP) is -1.25. The van der Waals surface area contributed by atoms with Gasteiger partial charge in [0.2, 0.25) is 0 Å². The van der Waals surface area contributed by atoms with E-state index in [4.69, 9.17) is 4.74 Å². The van der Waals surface area contributed by atoms with Crippen molar-refractivity contribution in [3.05, 3.63) is 30.3 Å². The average molecular weight is 269 g/mol. The monoisotopic (exact) mass is 269 g/mol. The summed E-state index contributed by atoms with van der Waals surface area (Å²) < 4.78 is 4.84. The Hall–Kier alpha value is -2.44. The van der Waals surface area contributed by atoms with Gasteiger partial charge in [0.1, 0.15) is 12.7 Å². The van der Waals surface area contributed by atoms with Crippen molar-refractivity contribution in [2.45, 2.75) is 18.3 Å². The van der Waals surface area contributed by atoms with Gasteiger partial charge in [-0.25, -0.2) is 0 Å². The van der Waals surface area contributed by atoms with Crippen LogP contribution in [-0.4, -0.2) is 46.8 Å². The van der Waals surface area contributed by atoms with Gasteiger partial charge in [0.25, 0.3) is 15.3 Å². The second-order valence-corrected chi connectivity index (χ2v) is 3.05. The fourth-order valence-corrected chi connectivity index (χ4v) is 1.36. The first-order valence-corrected chi connectivity index (χ1v) is 4.41. The summed E-state index contributed by atoms with van der Waals surface area (Å²) in [6, 6.07) is 0. The van der Waals surface area contributed by atoms with E-state index in [9.17, 15) is 30.3 Å². The second kappa shape index (κ2) is 5.76. The molecule has 13 nitrogen and oxygen atoms in total. The summed E-state index contributed by atoms with van der Waals surface area (Å²) in [6.45, 7) is -1.05. The van der Waals surface area contributed by atoms with E-state index < -0.39 is 40.2 Å². The number of nitrogens with zero attached hydrogens (tertiary/aromatic N) is 3. The van der Waals surface area contributed by atoms with Gasteiger partial charge in [-0.05, 0) is 0 Å². The average Bonchev–Trinajstić information content (AvgIpc) is 2.57. The molecule has 0 N–H and O–H groups in total. The molecule has 0 aliphatic carbocycles. The molecule has 102 valence electrons. The first-order chi connectivity index (χ1) is 8.40. The van der Waals surface area contributed by atoms with Gasteiger partial charge >= 0.3 is 0 Å². The highest BCUT2D eigenvalue weighted by molar-refractivity contribution is 4.84. The molecule has 0 saturated carbocycles. The van der Waals surface area contributed by atoms with Gasteiger partial charge in [-0.2, -0.15) is 0 Å². The van der Waals surface area contributed by atoms with Crippen LogP contribution in [0.2, 0.25) is 0 Å². The highest BCUT2D eigenvalue weighted by atomic mass is 17.0. The molecule has 1 aliphatic rings. The molecule has 1 saturated heterocycles. The number of rotatable bonds is 7. The standard InChI is InChI=1S/C5H7N3O10/c9-6(10)16-2-3-5(18-8(13)14)4(1-15-3)17-7(11)12/h3-5H,1-2H2/t3-,4+,5+/m1/s1. The summed E-state index contributed by atoms with van der Waals surface area (Å²) in [5.41, 5.74) is 0. The quantitative estimate of drug-likeness (QED) is 0.402. The Morgan fingerprint density at radius 2 is 1.67 bits per heavy atom. The summed E-state index contributed by atoms with van der Waals surface area (Å²) in [5.74, 6) is 0.